The van der Waals surface area contributed by atoms with Gasteiger partial charge < -0.3 is 15.5 Å². The van der Waals surface area contributed by atoms with Gasteiger partial charge in [0, 0.05) is 43.9 Å². The first kappa shape index (κ1) is 20.2. The van der Waals surface area contributed by atoms with Crippen LogP contribution in [0.5, 0.6) is 0 Å². The number of allylic oxidation sites excluding steroid dienone is 2. The lowest BCUT2D eigenvalue weighted by atomic mass is 9.79. The molecule has 0 amide bonds. The predicted octanol–water partition coefficient (Wildman–Crippen LogP) is 3.77. The van der Waals surface area contributed by atoms with E-state index in [2.05, 4.69) is 36.3 Å². The molecule has 2 aliphatic carbocycles. The molecule has 0 radical (unpaired) electrons. The first-order chi connectivity index (χ1) is 11.9. The SMILES string of the molecule is CCNC(=S)N(CCCNC1=CC(=O)CC(C)(C)C1)C1CCCCC1. The first-order valence-electron chi connectivity index (χ1n) is 9.93. The fourth-order valence-electron chi connectivity index (χ4n) is 4.05. The first-order valence-corrected chi connectivity index (χ1v) is 10.3. The van der Waals surface area contributed by atoms with Gasteiger partial charge in [-0.05, 0) is 50.2 Å². The summed E-state index contributed by atoms with van der Waals surface area (Å²) in [7, 11) is 0. The molecular formula is C20H35N3OS. The Hall–Kier alpha value is -1.10. The molecule has 142 valence electrons. The van der Waals surface area contributed by atoms with Crippen molar-refractivity contribution in [3.8, 4) is 0 Å². The zero-order chi connectivity index (χ0) is 18.3. The summed E-state index contributed by atoms with van der Waals surface area (Å²) >= 11 is 5.61. The van der Waals surface area contributed by atoms with Crippen LogP contribution in [0, 0.1) is 5.41 Å². The maximum Gasteiger partial charge on any atom is 0.169 e. The van der Waals surface area contributed by atoms with Gasteiger partial charge in [-0.2, -0.15) is 0 Å². The second kappa shape index (κ2) is 9.56. The summed E-state index contributed by atoms with van der Waals surface area (Å²) in [6, 6.07) is 0.592. The number of carbonyl (C=O) groups is 1. The second-order valence-corrected chi connectivity index (χ2v) is 8.64. The highest BCUT2D eigenvalue weighted by Crippen LogP contribution is 2.32. The third kappa shape index (κ3) is 6.61. The topological polar surface area (TPSA) is 44.4 Å². The predicted molar refractivity (Wildman–Crippen MR) is 109 cm³/mol. The summed E-state index contributed by atoms with van der Waals surface area (Å²) in [4.78, 5) is 14.3. The number of nitrogens with one attached hydrogen (secondary N) is 2. The number of nitrogens with zero attached hydrogens (tertiary/aromatic N) is 1. The zero-order valence-electron chi connectivity index (χ0n) is 16.2. The minimum absolute atomic E-state index is 0.0783. The molecule has 1 fully saturated rings. The van der Waals surface area contributed by atoms with Crippen molar-refractivity contribution < 1.29 is 4.79 Å². The molecule has 0 spiro atoms. The average Bonchev–Trinajstić information content (AvgIpc) is 2.54. The molecule has 0 heterocycles. The van der Waals surface area contributed by atoms with E-state index in [1.54, 1.807) is 6.08 Å². The lowest BCUT2D eigenvalue weighted by molar-refractivity contribution is -0.117. The Morgan fingerprint density at radius 1 is 1.28 bits per heavy atom. The van der Waals surface area contributed by atoms with Gasteiger partial charge in [0.2, 0.25) is 0 Å². The zero-order valence-corrected chi connectivity index (χ0v) is 17.0. The second-order valence-electron chi connectivity index (χ2n) is 8.25. The highest BCUT2D eigenvalue weighted by Gasteiger charge is 2.27. The largest absolute Gasteiger partial charge is 0.388 e. The van der Waals surface area contributed by atoms with E-state index in [0.29, 0.717) is 12.5 Å². The van der Waals surface area contributed by atoms with Crippen molar-refractivity contribution in [2.24, 2.45) is 5.41 Å². The van der Waals surface area contributed by atoms with Crippen molar-refractivity contribution in [3.05, 3.63) is 11.8 Å². The fraction of sp³-hybridized carbons (Fsp3) is 0.800. The lowest BCUT2D eigenvalue weighted by Gasteiger charge is -2.36. The number of thiocarbonyl (C=S) groups is 1. The van der Waals surface area contributed by atoms with Gasteiger partial charge in [0.1, 0.15) is 0 Å². The average molecular weight is 366 g/mol. The maximum atomic E-state index is 11.8. The van der Waals surface area contributed by atoms with Crippen LogP contribution < -0.4 is 10.6 Å². The van der Waals surface area contributed by atoms with Gasteiger partial charge >= 0.3 is 0 Å². The molecule has 25 heavy (non-hydrogen) atoms. The van der Waals surface area contributed by atoms with E-state index >= 15 is 0 Å². The van der Waals surface area contributed by atoms with Crippen LogP contribution in [-0.2, 0) is 4.79 Å². The van der Waals surface area contributed by atoms with Gasteiger partial charge in [-0.15, -0.1) is 0 Å². The van der Waals surface area contributed by atoms with Crippen molar-refractivity contribution in [1.82, 2.24) is 15.5 Å². The Morgan fingerprint density at radius 2 is 2.00 bits per heavy atom. The van der Waals surface area contributed by atoms with Crippen molar-refractivity contribution in [1.29, 1.82) is 0 Å². The van der Waals surface area contributed by atoms with Crippen LogP contribution in [0.3, 0.4) is 0 Å². The van der Waals surface area contributed by atoms with E-state index in [0.717, 1.165) is 43.3 Å². The van der Waals surface area contributed by atoms with Crippen molar-refractivity contribution >= 4 is 23.1 Å². The van der Waals surface area contributed by atoms with E-state index in [1.807, 2.05) is 0 Å². The molecule has 0 bridgehead atoms. The van der Waals surface area contributed by atoms with Gasteiger partial charge in [0.25, 0.3) is 0 Å². The van der Waals surface area contributed by atoms with Gasteiger partial charge in [0.05, 0.1) is 0 Å². The molecule has 0 aliphatic heterocycles. The van der Waals surface area contributed by atoms with Crippen molar-refractivity contribution in [2.75, 3.05) is 19.6 Å². The number of rotatable bonds is 7. The van der Waals surface area contributed by atoms with E-state index in [9.17, 15) is 4.79 Å². The summed E-state index contributed by atoms with van der Waals surface area (Å²) in [6.45, 7) is 9.19. The molecular weight excluding hydrogens is 330 g/mol. The lowest BCUT2D eigenvalue weighted by Crippen LogP contribution is -2.47. The monoisotopic (exact) mass is 365 g/mol. The smallest absolute Gasteiger partial charge is 0.169 e. The normalized spacial score (nSPS) is 20.8. The summed E-state index contributed by atoms with van der Waals surface area (Å²) in [5, 5.41) is 7.72. The Balaban J connectivity index is 1.82. The third-order valence-corrected chi connectivity index (χ3v) is 5.57. The molecule has 2 rings (SSSR count). The maximum absolute atomic E-state index is 11.8. The molecule has 0 aromatic carbocycles. The van der Waals surface area contributed by atoms with Crippen LogP contribution in [0.4, 0.5) is 0 Å². The van der Waals surface area contributed by atoms with Crippen LogP contribution in [0.25, 0.3) is 0 Å². The standard InChI is InChI=1S/C20H35N3OS/c1-4-21-19(25)23(17-9-6-5-7-10-17)12-8-11-22-16-13-18(24)15-20(2,3)14-16/h13,17,22H,4-12,14-15H2,1-3H3,(H,21,25). The fourth-order valence-corrected chi connectivity index (χ4v) is 4.44. The third-order valence-electron chi connectivity index (χ3n) is 5.19. The van der Waals surface area contributed by atoms with E-state index in [1.165, 1.54) is 32.1 Å². The van der Waals surface area contributed by atoms with E-state index in [4.69, 9.17) is 12.2 Å². The molecule has 0 saturated heterocycles. The molecule has 0 aromatic rings. The van der Waals surface area contributed by atoms with Crippen molar-refractivity contribution in [3.63, 3.8) is 0 Å². The van der Waals surface area contributed by atoms with Gasteiger partial charge in [0.15, 0.2) is 10.9 Å². The molecule has 4 nitrogen and oxygen atoms in total. The number of hydrogen-bond donors (Lipinski definition) is 2. The summed E-state index contributed by atoms with van der Waals surface area (Å²) < 4.78 is 0. The number of ketones is 1. The Labute approximate surface area is 158 Å². The molecule has 0 unspecified atom stereocenters. The molecule has 5 heteroatoms. The summed E-state index contributed by atoms with van der Waals surface area (Å²) in [6.07, 6.45) is 11.0. The van der Waals surface area contributed by atoms with Crippen LogP contribution in [0.1, 0.15) is 72.1 Å². The van der Waals surface area contributed by atoms with E-state index in [-0.39, 0.29) is 11.2 Å². The van der Waals surface area contributed by atoms with Crippen LogP contribution in [0.2, 0.25) is 0 Å². The molecule has 1 saturated carbocycles. The van der Waals surface area contributed by atoms with Gasteiger partial charge in [-0.1, -0.05) is 33.1 Å². The molecule has 0 aromatic heterocycles. The number of carbonyl (C=O) groups excluding carboxylic acids is 1. The molecule has 2 N–H and O–H groups in total. The molecule has 0 atom stereocenters. The number of hydrogen-bond acceptors (Lipinski definition) is 3. The Kier molecular flexibility index (Phi) is 7.73. The van der Waals surface area contributed by atoms with Gasteiger partial charge in [-0.25, -0.2) is 0 Å². The summed E-state index contributed by atoms with van der Waals surface area (Å²) in [5.41, 5.74) is 1.18. The van der Waals surface area contributed by atoms with Crippen molar-refractivity contribution in [2.45, 2.75) is 78.2 Å². The minimum Gasteiger partial charge on any atom is -0.388 e. The Morgan fingerprint density at radius 3 is 2.64 bits per heavy atom. The van der Waals surface area contributed by atoms with Crippen LogP contribution in [0.15, 0.2) is 11.8 Å². The van der Waals surface area contributed by atoms with Crippen LogP contribution in [-0.4, -0.2) is 41.5 Å². The highest BCUT2D eigenvalue weighted by molar-refractivity contribution is 7.80. The summed E-state index contributed by atoms with van der Waals surface area (Å²) in [5.74, 6) is 0.246. The Bertz CT molecular complexity index is 495. The van der Waals surface area contributed by atoms with Crippen LogP contribution >= 0.6 is 12.2 Å². The van der Waals surface area contributed by atoms with E-state index < -0.39 is 0 Å². The van der Waals surface area contributed by atoms with Gasteiger partial charge in [-0.3, -0.25) is 4.79 Å². The quantitative estimate of drug-likeness (QED) is 0.531. The molecule has 2 aliphatic rings. The highest BCUT2D eigenvalue weighted by atomic mass is 32.1. The minimum atomic E-state index is 0.0783.